The molecule has 0 atom stereocenters. The van der Waals surface area contributed by atoms with E-state index in [0.717, 1.165) is 82.6 Å². The molecule has 0 spiro atoms. The molecule has 0 radical (unpaired) electrons. The number of rotatable bonds is 15. The van der Waals surface area contributed by atoms with E-state index in [0.29, 0.717) is 5.75 Å². The SMILES string of the molecule is CCc1ccc(Cc2ccc(O)c(Cc3ccc(CC)c(CC)c3CC)c2Cc2ccc(CC)c(CC)c2CC)c(CC)c1CC. The molecule has 0 aliphatic carbocycles. The van der Waals surface area contributed by atoms with Gasteiger partial charge in [-0.15, -0.1) is 0 Å². The van der Waals surface area contributed by atoms with Crippen LogP contribution in [0.4, 0.5) is 0 Å². The number of aryl methyl sites for hydroxylation is 3. The molecule has 0 fully saturated rings. The van der Waals surface area contributed by atoms with E-state index in [1.54, 1.807) is 0 Å². The Balaban J connectivity index is 1.96. The van der Waals surface area contributed by atoms with Crippen molar-refractivity contribution in [2.75, 3.05) is 0 Å². The molecule has 0 saturated carbocycles. The summed E-state index contributed by atoms with van der Waals surface area (Å²) in [6.45, 7) is 20.6. The van der Waals surface area contributed by atoms with Crippen molar-refractivity contribution in [1.29, 1.82) is 0 Å². The first-order valence-corrected chi connectivity index (χ1v) is 18.5. The van der Waals surface area contributed by atoms with Gasteiger partial charge in [0.05, 0.1) is 0 Å². The summed E-state index contributed by atoms with van der Waals surface area (Å²) in [5.74, 6) is 0.434. The van der Waals surface area contributed by atoms with Crippen LogP contribution in [0.15, 0.2) is 48.5 Å². The van der Waals surface area contributed by atoms with Crippen molar-refractivity contribution in [3.8, 4) is 5.75 Å². The van der Waals surface area contributed by atoms with Gasteiger partial charge in [-0.1, -0.05) is 105 Å². The van der Waals surface area contributed by atoms with Crippen molar-refractivity contribution in [2.24, 2.45) is 0 Å². The molecular formula is C45H60O. The topological polar surface area (TPSA) is 20.2 Å². The Morgan fingerprint density at radius 1 is 0.283 bits per heavy atom. The van der Waals surface area contributed by atoms with Crippen LogP contribution in [-0.2, 0) is 77.0 Å². The maximum Gasteiger partial charge on any atom is 0.119 e. The Morgan fingerprint density at radius 3 is 0.891 bits per heavy atom. The first-order chi connectivity index (χ1) is 22.3. The first kappa shape index (κ1) is 35.5. The highest BCUT2D eigenvalue weighted by Gasteiger charge is 2.21. The van der Waals surface area contributed by atoms with E-state index < -0.39 is 0 Å². The van der Waals surface area contributed by atoms with Gasteiger partial charge in [0.15, 0.2) is 0 Å². The zero-order chi connectivity index (χ0) is 33.4. The molecule has 1 nitrogen and oxygen atoms in total. The van der Waals surface area contributed by atoms with Crippen LogP contribution >= 0.6 is 0 Å². The Bertz CT molecular complexity index is 1640. The Labute approximate surface area is 281 Å². The summed E-state index contributed by atoms with van der Waals surface area (Å²) in [5, 5.41) is 11.7. The summed E-state index contributed by atoms with van der Waals surface area (Å²) in [7, 11) is 0. The van der Waals surface area contributed by atoms with E-state index in [1.165, 1.54) is 77.9 Å². The minimum absolute atomic E-state index is 0.434. The average Bonchev–Trinajstić information content (AvgIpc) is 3.09. The molecule has 0 saturated heterocycles. The van der Waals surface area contributed by atoms with Gasteiger partial charge < -0.3 is 5.11 Å². The molecule has 4 aromatic rings. The lowest BCUT2D eigenvalue weighted by Crippen LogP contribution is -2.10. The molecule has 46 heavy (non-hydrogen) atoms. The van der Waals surface area contributed by atoms with E-state index in [-0.39, 0.29) is 0 Å². The molecule has 0 bridgehead atoms. The lowest BCUT2D eigenvalue weighted by molar-refractivity contribution is 0.468. The predicted molar refractivity (Wildman–Crippen MR) is 200 cm³/mol. The first-order valence-electron chi connectivity index (χ1n) is 18.5. The van der Waals surface area contributed by atoms with Crippen LogP contribution in [0, 0.1) is 0 Å². The highest BCUT2D eigenvalue weighted by Crippen LogP contribution is 2.35. The largest absolute Gasteiger partial charge is 0.508 e. The fourth-order valence-corrected chi connectivity index (χ4v) is 8.40. The van der Waals surface area contributed by atoms with Gasteiger partial charge in [-0.05, 0) is 155 Å². The molecule has 0 aliphatic heterocycles. The second-order valence-electron chi connectivity index (χ2n) is 12.9. The van der Waals surface area contributed by atoms with Gasteiger partial charge in [-0.25, -0.2) is 0 Å². The predicted octanol–water partition coefficient (Wildman–Crippen LogP) is 11.2. The number of phenolic OH excluding ortho intramolecular Hbond substituents is 1. The molecule has 0 unspecified atom stereocenters. The Morgan fingerprint density at radius 2 is 0.543 bits per heavy atom. The summed E-state index contributed by atoms with van der Waals surface area (Å²) in [6, 6.07) is 18.4. The third-order valence-corrected chi connectivity index (χ3v) is 10.8. The quantitative estimate of drug-likeness (QED) is 0.141. The van der Waals surface area contributed by atoms with Gasteiger partial charge in [0.25, 0.3) is 0 Å². The van der Waals surface area contributed by atoms with Gasteiger partial charge >= 0.3 is 0 Å². The lowest BCUT2D eigenvalue weighted by atomic mass is 9.82. The highest BCUT2D eigenvalue weighted by molar-refractivity contribution is 5.55. The molecule has 4 aromatic carbocycles. The summed E-state index contributed by atoms with van der Waals surface area (Å²) in [6.07, 6.45) is 12.0. The summed E-state index contributed by atoms with van der Waals surface area (Å²) in [5.41, 5.74) is 21.5. The number of benzene rings is 4. The summed E-state index contributed by atoms with van der Waals surface area (Å²) in [4.78, 5) is 0. The van der Waals surface area contributed by atoms with Crippen molar-refractivity contribution >= 4 is 0 Å². The van der Waals surface area contributed by atoms with E-state index >= 15 is 0 Å². The smallest absolute Gasteiger partial charge is 0.119 e. The molecule has 0 amide bonds. The molecule has 0 heterocycles. The minimum Gasteiger partial charge on any atom is -0.508 e. The normalized spacial score (nSPS) is 11.4. The van der Waals surface area contributed by atoms with Gasteiger partial charge in [0.1, 0.15) is 5.75 Å². The third kappa shape index (κ3) is 7.15. The van der Waals surface area contributed by atoms with E-state index in [1.807, 2.05) is 6.07 Å². The molecule has 1 N–H and O–H groups in total. The van der Waals surface area contributed by atoms with E-state index in [9.17, 15) is 5.11 Å². The molecule has 1 heteroatoms. The highest BCUT2D eigenvalue weighted by atomic mass is 16.3. The number of hydrogen-bond donors (Lipinski definition) is 1. The molecular weight excluding hydrogens is 556 g/mol. The lowest BCUT2D eigenvalue weighted by Gasteiger charge is -2.23. The average molecular weight is 617 g/mol. The minimum atomic E-state index is 0.434. The van der Waals surface area contributed by atoms with Crippen molar-refractivity contribution in [2.45, 2.75) is 139 Å². The van der Waals surface area contributed by atoms with Crippen LogP contribution in [0.2, 0.25) is 0 Å². The van der Waals surface area contributed by atoms with Crippen molar-refractivity contribution in [3.05, 3.63) is 132 Å². The second kappa shape index (κ2) is 16.5. The maximum absolute atomic E-state index is 11.7. The Hall–Kier alpha value is -3.32. The van der Waals surface area contributed by atoms with Crippen LogP contribution < -0.4 is 0 Å². The van der Waals surface area contributed by atoms with Gasteiger partial charge in [-0.3, -0.25) is 0 Å². The van der Waals surface area contributed by atoms with Gasteiger partial charge in [0.2, 0.25) is 0 Å². The van der Waals surface area contributed by atoms with E-state index in [2.05, 4.69) is 105 Å². The van der Waals surface area contributed by atoms with Crippen molar-refractivity contribution in [1.82, 2.24) is 0 Å². The number of aromatic hydroxyl groups is 1. The molecule has 4 rings (SSSR count). The monoisotopic (exact) mass is 616 g/mol. The third-order valence-electron chi connectivity index (χ3n) is 10.8. The van der Waals surface area contributed by atoms with Crippen LogP contribution in [0.3, 0.4) is 0 Å². The molecule has 246 valence electrons. The number of hydrogen-bond acceptors (Lipinski definition) is 1. The molecule has 0 aromatic heterocycles. The summed E-state index contributed by atoms with van der Waals surface area (Å²) >= 11 is 0. The summed E-state index contributed by atoms with van der Waals surface area (Å²) < 4.78 is 0. The van der Waals surface area contributed by atoms with Gasteiger partial charge in [0, 0.05) is 12.0 Å². The van der Waals surface area contributed by atoms with Crippen LogP contribution in [0.1, 0.15) is 146 Å². The van der Waals surface area contributed by atoms with Crippen LogP contribution in [-0.4, -0.2) is 5.11 Å². The van der Waals surface area contributed by atoms with Gasteiger partial charge in [-0.2, -0.15) is 0 Å². The zero-order valence-electron chi connectivity index (χ0n) is 30.6. The maximum atomic E-state index is 11.7. The fourth-order valence-electron chi connectivity index (χ4n) is 8.40. The zero-order valence-corrected chi connectivity index (χ0v) is 30.6. The molecule has 0 aliphatic rings. The van der Waals surface area contributed by atoms with Crippen LogP contribution in [0.5, 0.6) is 5.75 Å². The van der Waals surface area contributed by atoms with Crippen molar-refractivity contribution in [3.63, 3.8) is 0 Å². The van der Waals surface area contributed by atoms with E-state index in [4.69, 9.17) is 0 Å². The second-order valence-corrected chi connectivity index (χ2v) is 12.9. The Kier molecular flexibility index (Phi) is 12.7. The standard InChI is InChI=1S/C45H60O/c1-10-30-19-22-33(40(16-7)37(30)13-4)27-34-25-26-45(46)44(29-36-24-21-32(12-3)39(15-6)42(36)18-9)43(34)28-35-23-20-31(11-2)38(14-5)41(35)17-8/h19-26,46H,10-18,27-29H2,1-9H3. The fraction of sp³-hybridized carbons (Fsp3) is 0.467. The number of phenols is 1. The van der Waals surface area contributed by atoms with Crippen molar-refractivity contribution < 1.29 is 5.11 Å². The van der Waals surface area contributed by atoms with Crippen LogP contribution in [0.25, 0.3) is 0 Å².